The van der Waals surface area contributed by atoms with Crippen LogP contribution in [0.2, 0.25) is 38.3 Å². The van der Waals surface area contributed by atoms with Crippen LogP contribution in [-0.4, -0.2) is 24.5 Å². The first-order valence-electron chi connectivity index (χ1n) is 11.6. The van der Waals surface area contributed by atoms with Crippen LogP contribution in [0.4, 0.5) is 0 Å². The fourth-order valence-electron chi connectivity index (χ4n) is 4.36. The van der Waals surface area contributed by atoms with Gasteiger partial charge in [-0.2, -0.15) is 0 Å². The molecule has 32 heavy (non-hydrogen) atoms. The van der Waals surface area contributed by atoms with E-state index in [1.165, 1.54) is 45.5 Å². The molecule has 2 aromatic rings. The van der Waals surface area contributed by atoms with Crippen LogP contribution in [0.5, 0.6) is 0 Å². The second-order valence-corrected chi connectivity index (χ2v) is 30.2. The summed E-state index contributed by atoms with van der Waals surface area (Å²) < 4.78 is 1.30. The van der Waals surface area contributed by atoms with Crippen LogP contribution in [0.3, 0.4) is 0 Å². The molecule has 0 aliphatic rings. The lowest BCUT2D eigenvalue weighted by Gasteiger charge is -2.35. The molecule has 2 aromatic carbocycles. The molecular weight excluding hydrogens is 590 g/mol. The van der Waals surface area contributed by atoms with E-state index >= 15 is 0 Å². The van der Waals surface area contributed by atoms with Gasteiger partial charge in [0, 0.05) is 8.38 Å². The topological polar surface area (TPSA) is 0 Å². The van der Waals surface area contributed by atoms with Crippen molar-refractivity contribution in [1.29, 1.82) is 0 Å². The fourth-order valence-corrected chi connectivity index (χ4v) is 19.3. The zero-order chi connectivity index (χ0) is 24.4. The zero-order valence-electron chi connectivity index (χ0n) is 21.6. The molecule has 0 N–H and O–H groups in total. The second-order valence-electron chi connectivity index (χ2n) is 11.0. The Hall–Kier alpha value is 0.694. The minimum absolute atomic E-state index is 0.651. The summed E-state index contributed by atoms with van der Waals surface area (Å²) in [5.74, 6) is 0. The predicted octanol–water partition coefficient (Wildman–Crippen LogP) is 8.78. The quantitative estimate of drug-likeness (QED) is 0.147. The van der Waals surface area contributed by atoms with Gasteiger partial charge in [0.05, 0.1) is 16.1 Å². The molecule has 0 amide bonds. The van der Waals surface area contributed by atoms with E-state index in [-0.39, 0.29) is 0 Å². The number of hydrogen-bond acceptors (Lipinski definition) is 0. The van der Waals surface area contributed by atoms with E-state index in [0.717, 1.165) is 17.2 Å². The minimum atomic E-state index is -1.38. The van der Waals surface area contributed by atoms with Gasteiger partial charge < -0.3 is 0 Å². The molecule has 6 heteroatoms. The Morgan fingerprint density at radius 1 is 0.594 bits per heavy atom. The van der Waals surface area contributed by atoms with E-state index in [1.807, 2.05) is 0 Å². The lowest BCUT2D eigenvalue weighted by atomic mass is 10.1. The third-order valence-corrected chi connectivity index (χ3v) is 30.0. The van der Waals surface area contributed by atoms with Gasteiger partial charge in [-0.1, -0.05) is 123 Å². The number of halogens is 2. The largest absolute Gasteiger partial charge is 0.0874 e. The van der Waals surface area contributed by atoms with Crippen LogP contribution in [0, 0.1) is 41.5 Å². The molecule has 0 aliphatic carbocycles. The maximum Gasteiger partial charge on any atom is 0.0678 e. The molecule has 0 aromatic heterocycles. The van der Waals surface area contributed by atoms with Crippen LogP contribution in [0.25, 0.3) is 0 Å². The van der Waals surface area contributed by atoms with Gasteiger partial charge in [0.15, 0.2) is 0 Å². The van der Waals surface area contributed by atoms with Gasteiger partial charge in [-0.15, -0.1) is 0 Å². The summed E-state index contributed by atoms with van der Waals surface area (Å²) in [4.78, 5) is 0. The van der Waals surface area contributed by atoms with Crippen LogP contribution >= 0.6 is 49.0 Å². The normalized spacial score (nSPS) is 15.2. The van der Waals surface area contributed by atoms with Crippen molar-refractivity contribution in [2.24, 2.45) is 0 Å². The molecule has 0 fully saturated rings. The van der Waals surface area contributed by atoms with E-state index in [0.29, 0.717) is 8.38 Å². The third-order valence-electron chi connectivity index (χ3n) is 6.68. The molecule has 0 bridgehead atoms. The predicted molar refractivity (Wildman–Crippen MR) is 167 cm³/mol. The Balaban J connectivity index is 2.06. The number of benzene rings is 2. The maximum atomic E-state index is 4.19. The van der Waals surface area contributed by atoms with Crippen molar-refractivity contribution in [3.63, 3.8) is 0 Å². The fraction of sp³-hybridized carbons (Fsp3) is 0.538. The number of rotatable bonds is 9. The summed E-state index contributed by atoms with van der Waals surface area (Å²) in [5, 5.41) is 3.17. The van der Waals surface area contributed by atoms with Gasteiger partial charge in [-0.25, -0.2) is 0 Å². The first-order valence-corrected chi connectivity index (χ1v) is 22.2. The van der Waals surface area contributed by atoms with Crippen LogP contribution < -0.4 is 10.6 Å². The summed E-state index contributed by atoms with van der Waals surface area (Å²) in [5.41, 5.74) is 8.63. The zero-order valence-corrected chi connectivity index (χ0v) is 28.8. The smallest absolute Gasteiger partial charge is 0.0678 e. The number of alkyl halides is 2. The lowest BCUT2D eigenvalue weighted by molar-refractivity contribution is 1.25. The van der Waals surface area contributed by atoms with E-state index in [9.17, 15) is 0 Å². The molecule has 4 unspecified atom stereocenters. The van der Waals surface area contributed by atoms with Crippen LogP contribution in [0.15, 0.2) is 24.3 Å². The molecule has 0 aliphatic heterocycles. The third kappa shape index (κ3) is 7.59. The Labute approximate surface area is 220 Å². The van der Waals surface area contributed by atoms with E-state index in [4.69, 9.17) is 0 Å². The van der Waals surface area contributed by atoms with Crippen molar-refractivity contribution in [3.05, 3.63) is 57.6 Å². The van der Waals surface area contributed by atoms with E-state index < -0.39 is 16.1 Å². The highest BCUT2D eigenvalue weighted by molar-refractivity contribution is 9.11. The lowest BCUT2D eigenvalue weighted by Crippen LogP contribution is -2.42. The van der Waals surface area contributed by atoms with Crippen molar-refractivity contribution >= 4 is 75.8 Å². The van der Waals surface area contributed by atoms with Crippen LogP contribution in [0.1, 0.15) is 33.4 Å². The van der Waals surface area contributed by atoms with Crippen molar-refractivity contribution < 1.29 is 0 Å². The second kappa shape index (κ2) is 11.6. The maximum absolute atomic E-state index is 4.19. The number of aryl methyl sites for hydroxylation is 6. The molecule has 0 saturated carbocycles. The summed E-state index contributed by atoms with van der Waals surface area (Å²) in [6, 6.07) is 12.2. The van der Waals surface area contributed by atoms with Gasteiger partial charge in [0.25, 0.3) is 0 Å². The summed E-state index contributed by atoms with van der Waals surface area (Å²) >= 11 is 8.37. The minimum Gasteiger partial charge on any atom is -0.0874 e. The van der Waals surface area contributed by atoms with Gasteiger partial charge >= 0.3 is 0 Å². The van der Waals surface area contributed by atoms with Crippen LogP contribution in [-0.2, 0) is 0 Å². The van der Waals surface area contributed by atoms with E-state index in [1.54, 1.807) is 10.6 Å². The van der Waals surface area contributed by atoms with Crippen molar-refractivity contribution in [1.82, 2.24) is 0 Å². The number of hydrogen-bond donors (Lipinski definition) is 0. The average molecular weight is 633 g/mol. The highest BCUT2D eigenvalue weighted by atomic mass is 79.9. The monoisotopic (exact) mass is 630 g/mol. The highest BCUT2D eigenvalue weighted by Gasteiger charge is 2.36. The molecule has 0 radical (unpaired) electrons. The Morgan fingerprint density at radius 3 is 1.09 bits per heavy atom. The molecule has 4 atom stereocenters. The summed E-state index contributed by atoms with van der Waals surface area (Å²) in [6.07, 6.45) is 0. The molecule has 178 valence electrons. The highest BCUT2D eigenvalue weighted by Crippen LogP contribution is 2.41. The SMILES string of the molecule is Cc1cc(C)c(PC(Br)[Si](C)(C)CC[Si](C)(C)C(Br)Pc2c(C)cc(C)cc2C)c(C)c1. The van der Waals surface area contributed by atoms with Crippen molar-refractivity contribution in [3.8, 4) is 0 Å². The molecule has 0 spiro atoms. The average Bonchev–Trinajstić information content (AvgIpc) is 2.65. The summed E-state index contributed by atoms with van der Waals surface area (Å²) in [6.45, 7) is 24.0. The van der Waals surface area contributed by atoms with Crippen molar-refractivity contribution in [2.75, 3.05) is 0 Å². The van der Waals surface area contributed by atoms with E-state index in [2.05, 4.69) is 124 Å². The molecule has 0 nitrogen and oxygen atoms in total. The molecule has 0 saturated heterocycles. The Morgan fingerprint density at radius 2 is 0.844 bits per heavy atom. The standard InChI is InChI=1S/C26H42Br2P2Si2/c1-17-13-19(3)23(20(4)14-17)29-25(27)31(7,8)11-12-32(9,10)26(28)30-24-21(5)15-18(2)16-22(24)6/h13-16,25-26,29-30H,11-12H2,1-10H3. The van der Waals surface area contributed by atoms with Gasteiger partial charge in [0.1, 0.15) is 0 Å². The first-order chi connectivity index (χ1) is 14.6. The van der Waals surface area contributed by atoms with Gasteiger partial charge in [-0.05, 0) is 74.4 Å². The Kier molecular flexibility index (Phi) is 10.5. The van der Waals surface area contributed by atoms with Crippen molar-refractivity contribution in [2.45, 2.75) is 88.2 Å². The molecule has 2 rings (SSSR count). The van der Waals surface area contributed by atoms with Gasteiger partial charge in [0.2, 0.25) is 0 Å². The van der Waals surface area contributed by atoms with Gasteiger partial charge in [-0.3, -0.25) is 0 Å². The first kappa shape index (κ1) is 28.9. The molecular formula is C26H42Br2P2Si2. The summed E-state index contributed by atoms with van der Waals surface area (Å²) in [7, 11) is -1.02. The Bertz CT molecular complexity index is 833. The molecule has 0 heterocycles.